The molecular formula is C7H5N2O2+. The molecule has 0 N–H and O–H groups in total. The Labute approximate surface area is 63.1 Å². The normalized spacial score (nSPS) is 8.64. The van der Waals surface area contributed by atoms with Gasteiger partial charge in [0.25, 0.3) is 12.3 Å². The maximum absolute atomic E-state index is 10.2. The van der Waals surface area contributed by atoms with Crippen LogP contribution in [0, 0.1) is 16.7 Å². The second-order valence-corrected chi connectivity index (χ2v) is 1.91. The van der Waals surface area contributed by atoms with Crippen molar-refractivity contribution in [2.75, 3.05) is 0 Å². The van der Waals surface area contributed by atoms with Crippen LogP contribution in [0.3, 0.4) is 0 Å². The van der Waals surface area contributed by atoms with Crippen LogP contribution in [-0.4, -0.2) is 4.92 Å². The van der Waals surface area contributed by atoms with E-state index in [9.17, 15) is 10.1 Å². The first kappa shape index (κ1) is 7.22. The molecule has 0 aliphatic rings. The van der Waals surface area contributed by atoms with Crippen LogP contribution in [0.2, 0.25) is 0 Å². The first-order chi connectivity index (χ1) is 5.24. The molecule has 0 spiro atoms. The highest BCUT2D eigenvalue weighted by atomic mass is 16.6. The molecule has 0 amide bonds. The zero-order chi connectivity index (χ0) is 8.27. The van der Waals surface area contributed by atoms with E-state index >= 15 is 0 Å². The van der Waals surface area contributed by atoms with E-state index in [2.05, 4.69) is 4.85 Å². The van der Waals surface area contributed by atoms with Crippen molar-refractivity contribution in [3.05, 3.63) is 39.2 Å². The van der Waals surface area contributed by atoms with Gasteiger partial charge in [0.2, 0.25) is 0 Å². The summed E-state index contributed by atoms with van der Waals surface area (Å²) >= 11 is 0. The highest BCUT2D eigenvalue weighted by Crippen LogP contribution is 2.18. The SMILES string of the molecule is C#[N+]c1cccc([N+](=O)[O-])c1. The monoisotopic (exact) mass is 149 g/mol. The van der Waals surface area contributed by atoms with Gasteiger partial charge in [-0.25, -0.2) is 0 Å². The smallest absolute Gasteiger partial charge is 0.258 e. The minimum absolute atomic E-state index is 0.00306. The molecule has 0 heterocycles. The summed E-state index contributed by atoms with van der Waals surface area (Å²) in [6.07, 6.45) is 0. The molecule has 4 heteroatoms. The fourth-order valence-electron chi connectivity index (χ4n) is 0.687. The number of non-ortho nitro benzene ring substituents is 1. The number of nitro groups is 1. The topological polar surface area (TPSA) is 47.5 Å². The van der Waals surface area contributed by atoms with Gasteiger partial charge in [-0.2, -0.15) is 0 Å². The van der Waals surface area contributed by atoms with Crippen molar-refractivity contribution in [2.24, 2.45) is 0 Å². The number of rotatable bonds is 1. The van der Waals surface area contributed by atoms with Crippen LogP contribution in [-0.2, 0) is 0 Å². The van der Waals surface area contributed by atoms with E-state index in [-0.39, 0.29) is 5.69 Å². The van der Waals surface area contributed by atoms with Crippen LogP contribution < -0.4 is 0 Å². The summed E-state index contributed by atoms with van der Waals surface area (Å²) in [6, 6.07) is 5.81. The second kappa shape index (κ2) is 2.80. The van der Waals surface area contributed by atoms with Crippen molar-refractivity contribution >= 4 is 11.4 Å². The molecule has 0 aliphatic carbocycles. The minimum atomic E-state index is -0.491. The number of hydrogen-bond acceptors (Lipinski definition) is 2. The third kappa shape index (κ3) is 1.52. The Kier molecular flexibility index (Phi) is 1.83. The van der Waals surface area contributed by atoms with Crippen LogP contribution in [0.1, 0.15) is 0 Å². The molecule has 0 radical (unpaired) electrons. The van der Waals surface area contributed by atoms with Gasteiger partial charge in [0, 0.05) is 12.1 Å². The lowest BCUT2D eigenvalue weighted by Crippen LogP contribution is -1.85. The van der Waals surface area contributed by atoms with E-state index in [1.807, 2.05) is 0 Å². The molecule has 1 rings (SSSR count). The molecular weight excluding hydrogens is 144 g/mol. The number of benzene rings is 1. The van der Waals surface area contributed by atoms with E-state index in [1.54, 1.807) is 6.07 Å². The number of nitro benzene ring substituents is 1. The highest BCUT2D eigenvalue weighted by Gasteiger charge is 2.09. The van der Waals surface area contributed by atoms with Crippen molar-refractivity contribution in [1.29, 1.82) is 0 Å². The predicted molar refractivity (Wildman–Crippen MR) is 41.1 cm³/mol. The largest absolute Gasteiger partial charge is 0.346 e. The van der Waals surface area contributed by atoms with Crippen LogP contribution in [0.15, 0.2) is 24.3 Å². The van der Waals surface area contributed by atoms with E-state index in [0.29, 0.717) is 5.69 Å². The zero-order valence-corrected chi connectivity index (χ0v) is 5.60. The molecule has 0 unspecified atom stereocenters. The van der Waals surface area contributed by atoms with Crippen molar-refractivity contribution in [3.63, 3.8) is 0 Å². The summed E-state index contributed by atoms with van der Waals surface area (Å²) in [5.41, 5.74) is 0.399. The van der Waals surface area contributed by atoms with Crippen molar-refractivity contribution in [3.8, 4) is 6.57 Å². The molecule has 54 valence electrons. The Bertz CT molecular complexity index is 327. The maximum Gasteiger partial charge on any atom is 0.346 e. The molecule has 0 atom stereocenters. The van der Waals surface area contributed by atoms with Crippen molar-refractivity contribution < 1.29 is 4.92 Å². The van der Waals surface area contributed by atoms with E-state index in [1.165, 1.54) is 18.2 Å². The molecule has 0 fully saturated rings. The Morgan fingerprint density at radius 2 is 2.27 bits per heavy atom. The molecule has 11 heavy (non-hydrogen) atoms. The molecule has 0 saturated carbocycles. The average Bonchev–Trinajstić information content (AvgIpc) is 2.05. The van der Waals surface area contributed by atoms with Crippen molar-refractivity contribution in [2.45, 2.75) is 0 Å². The molecule has 0 bridgehead atoms. The molecule has 1 aromatic carbocycles. The summed E-state index contributed by atoms with van der Waals surface area (Å²) < 4.78 is 0. The summed E-state index contributed by atoms with van der Waals surface area (Å²) in [5.74, 6) is 0. The van der Waals surface area contributed by atoms with Crippen LogP contribution >= 0.6 is 0 Å². The lowest BCUT2D eigenvalue weighted by atomic mass is 10.3. The summed E-state index contributed by atoms with van der Waals surface area (Å²) in [6.45, 7) is 4.92. The summed E-state index contributed by atoms with van der Waals surface area (Å²) in [4.78, 5) is 13.0. The lowest BCUT2D eigenvalue weighted by molar-refractivity contribution is -0.384. The molecule has 1 aromatic rings. The third-order valence-electron chi connectivity index (χ3n) is 1.19. The van der Waals surface area contributed by atoms with Gasteiger partial charge in [-0.15, -0.1) is 0 Å². The van der Waals surface area contributed by atoms with Crippen LogP contribution in [0.5, 0.6) is 0 Å². The Hall–Kier alpha value is -1.89. The van der Waals surface area contributed by atoms with Gasteiger partial charge in [0.1, 0.15) is 6.07 Å². The van der Waals surface area contributed by atoms with Gasteiger partial charge in [-0.05, 0) is 10.9 Å². The van der Waals surface area contributed by atoms with Gasteiger partial charge in [0.15, 0.2) is 0 Å². The van der Waals surface area contributed by atoms with Crippen LogP contribution in [0.4, 0.5) is 11.4 Å². The lowest BCUT2D eigenvalue weighted by Gasteiger charge is -1.85. The zero-order valence-electron chi connectivity index (χ0n) is 5.60. The number of nitrogens with zero attached hydrogens (tertiary/aromatic N) is 2. The average molecular weight is 149 g/mol. The summed E-state index contributed by atoms with van der Waals surface area (Å²) in [7, 11) is 0. The molecule has 0 saturated heterocycles. The molecule has 0 aromatic heterocycles. The van der Waals surface area contributed by atoms with E-state index < -0.39 is 4.92 Å². The standard InChI is InChI=1S/C7H5N2O2/c1-8-6-3-2-4-7(5-6)9(10)11/h1-5H/q+1. The van der Waals surface area contributed by atoms with Gasteiger partial charge in [0.05, 0.1) is 4.92 Å². The van der Waals surface area contributed by atoms with Gasteiger partial charge in [-0.3, -0.25) is 10.1 Å². The van der Waals surface area contributed by atoms with Crippen molar-refractivity contribution in [1.82, 2.24) is 0 Å². The van der Waals surface area contributed by atoms with E-state index in [4.69, 9.17) is 6.57 Å². The predicted octanol–water partition coefficient (Wildman–Crippen LogP) is 2.19. The fourth-order valence-corrected chi connectivity index (χ4v) is 0.687. The number of hydrogen-bond donors (Lipinski definition) is 0. The first-order valence-corrected chi connectivity index (χ1v) is 2.89. The first-order valence-electron chi connectivity index (χ1n) is 2.89. The Balaban J connectivity index is 3.13. The molecule has 4 nitrogen and oxygen atoms in total. The van der Waals surface area contributed by atoms with Gasteiger partial charge in [-0.1, -0.05) is 0 Å². The highest BCUT2D eigenvalue weighted by molar-refractivity contribution is 5.52. The summed E-state index contributed by atoms with van der Waals surface area (Å²) in [5, 5.41) is 10.2. The minimum Gasteiger partial charge on any atom is -0.258 e. The van der Waals surface area contributed by atoms with Gasteiger partial charge >= 0.3 is 5.69 Å². The quantitative estimate of drug-likeness (QED) is 0.453. The van der Waals surface area contributed by atoms with E-state index in [0.717, 1.165) is 0 Å². The van der Waals surface area contributed by atoms with Crippen LogP contribution in [0.25, 0.3) is 4.85 Å². The molecule has 0 aliphatic heterocycles. The van der Waals surface area contributed by atoms with Gasteiger partial charge < -0.3 is 0 Å². The Morgan fingerprint density at radius 1 is 1.55 bits per heavy atom. The Morgan fingerprint density at radius 3 is 2.82 bits per heavy atom. The fraction of sp³-hybridized carbons (Fsp3) is 0. The maximum atomic E-state index is 10.2. The third-order valence-corrected chi connectivity index (χ3v) is 1.19. The second-order valence-electron chi connectivity index (χ2n) is 1.91.